The number of rotatable bonds is 6. The van der Waals surface area contributed by atoms with Crippen LogP contribution in [0.2, 0.25) is 10.0 Å². The molecule has 9 nitrogen and oxygen atoms in total. The van der Waals surface area contributed by atoms with Crippen LogP contribution in [0.25, 0.3) is 11.0 Å². The number of aliphatic hydroxyl groups excluding tert-OH is 1. The quantitative estimate of drug-likeness (QED) is 0.210. The Morgan fingerprint density at radius 1 is 1.12 bits per heavy atom. The molecule has 1 aromatic heterocycles. The number of fused-ring (bicyclic) bond motifs is 1. The molecular formula is C22H17Cl2N5O4. The number of quaternary nitrogens is 1. The zero-order chi connectivity index (χ0) is 23.5. The number of H-pyrrole nitrogens is 1. The maximum Gasteiger partial charge on any atom is 0.276 e. The topological polar surface area (TPSA) is 138 Å². The van der Waals surface area contributed by atoms with Crippen molar-refractivity contribution in [1.82, 2.24) is 9.97 Å². The monoisotopic (exact) mass is 485 g/mol. The summed E-state index contributed by atoms with van der Waals surface area (Å²) in [6, 6.07) is 17.6. The number of aromatic amines is 1. The maximum atomic E-state index is 12.9. The van der Waals surface area contributed by atoms with Crippen molar-refractivity contribution in [2.75, 3.05) is 5.43 Å². The number of halogens is 2. The summed E-state index contributed by atoms with van der Waals surface area (Å²) >= 11 is 12.2. The normalized spacial score (nSPS) is 13.7. The standard InChI is InChI=1S/C22H17Cl2N5O4/c23-12-6-8-15(16(24)10-12)21(30)19(28-27-13-4-2-1-3-5-13)20-22(31)26-18-11-14(29(32)33)7-9-17(18)25-20/h1-11,21,27,29-30,32H,(H,26,31)/b28-19-. The number of aromatic nitrogens is 2. The molecule has 4 aromatic rings. The Balaban J connectivity index is 1.84. The van der Waals surface area contributed by atoms with Gasteiger partial charge < -0.3 is 15.3 Å². The average molecular weight is 486 g/mol. The van der Waals surface area contributed by atoms with E-state index in [1.165, 1.54) is 30.3 Å². The van der Waals surface area contributed by atoms with Crippen LogP contribution in [0.5, 0.6) is 0 Å². The largest absolute Gasteiger partial charge is 0.595 e. The van der Waals surface area contributed by atoms with Gasteiger partial charge in [0, 0.05) is 27.7 Å². The first-order chi connectivity index (χ1) is 15.8. The maximum absolute atomic E-state index is 12.9. The zero-order valence-corrected chi connectivity index (χ0v) is 18.3. The number of anilines is 1. The number of hydrogen-bond donors (Lipinski definition) is 5. The molecule has 0 bridgehead atoms. The Labute approximate surface area is 197 Å². The molecular weight excluding hydrogens is 469 g/mol. The van der Waals surface area contributed by atoms with Crippen LogP contribution in [0.1, 0.15) is 17.4 Å². The number of hydrogen-bond acceptors (Lipinski definition) is 7. The Hall–Kier alpha value is -3.31. The minimum Gasteiger partial charge on any atom is -0.595 e. The minimum absolute atomic E-state index is 0.000292. The summed E-state index contributed by atoms with van der Waals surface area (Å²) in [6.07, 6.45) is -1.42. The van der Waals surface area contributed by atoms with Crippen molar-refractivity contribution in [3.05, 3.63) is 104 Å². The first-order valence-electron chi connectivity index (χ1n) is 9.63. The predicted molar refractivity (Wildman–Crippen MR) is 126 cm³/mol. The van der Waals surface area contributed by atoms with Gasteiger partial charge in [0.25, 0.3) is 5.56 Å². The van der Waals surface area contributed by atoms with Crippen molar-refractivity contribution in [3.8, 4) is 0 Å². The fraction of sp³-hybridized carbons (Fsp3) is 0.0455. The van der Waals surface area contributed by atoms with Gasteiger partial charge in [-0.05, 0) is 30.3 Å². The van der Waals surface area contributed by atoms with Crippen molar-refractivity contribution in [1.29, 1.82) is 0 Å². The van der Waals surface area contributed by atoms with E-state index in [2.05, 4.69) is 20.5 Å². The Morgan fingerprint density at radius 3 is 2.58 bits per heavy atom. The Bertz CT molecular complexity index is 1390. The lowest BCUT2D eigenvalue weighted by atomic mass is 10.0. The molecule has 5 N–H and O–H groups in total. The van der Waals surface area contributed by atoms with Gasteiger partial charge in [-0.25, -0.2) is 10.2 Å². The molecule has 0 amide bonds. The van der Waals surface area contributed by atoms with Gasteiger partial charge in [-0.1, -0.05) is 47.5 Å². The summed E-state index contributed by atoms with van der Waals surface area (Å²) in [7, 11) is 0. The minimum atomic E-state index is -1.42. The molecule has 2 unspecified atom stereocenters. The highest BCUT2D eigenvalue weighted by Crippen LogP contribution is 2.28. The highest BCUT2D eigenvalue weighted by atomic mass is 35.5. The molecule has 4 rings (SSSR count). The average Bonchev–Trinajstić information content (AvgIpc) is 2.79. The van der Waals surface area contributed by atoms with Gasteiger partial charge in [-0.2, -0.15) is 10.3 Å². The van der Waals surface area contributed by atoms with Gasteiger partial charge in [0.2, 0.25) is 0 Å². The molecule has 1 heterocycles. The van der Waals surface area contributed by atoms with Crippen LogP contribution in [-0.2, 0) is 0 Å². The molecule has 0 spiro atoms. The van der Waals surface area contributed by atoms with Gasteiger partial charge in [0.05, 0.1) is 16.7 Å². The number of hydrazone groups is 1. The van der Waals surface area contributed by atoms with Crippen LogP contribution in [0.15, 0.2) is 76.6 Å². The van der Waals surface area contributed by atoms with Crippen LogP contribution >= 0.6 is 23.2 Å². The molecule has 0 radical (unpaired) electrons. The zero-order valence-electron chi connectivity index (χ0n) is 16.8. The molecule has 0 aliphatic carbocycles. The molecule has 2 atom stereocenters. The SMILES string of the molecule is O=c1[nH]c2cc([NH+]([O-])O)ccc2nc1/C(=N/Nc1ccccc1)C(O)c1ccc(Cl)cc1Cl. The second kappa shape index (κ2) is 9.67. The molecule has 168 valence electrons. The van der Waals surface area contributed by atoms with E-state index >= 15 is 0 Å². The summed E-state index contributed by atoms with van der Waals surface area (Å²) in [6.45, 7) is 0. The molecule has 0 saturated heterocycles. The van der Waals surface area contributed by atoms with E-state index in [4.69, 9.17) is 23.2 Å². The lowest BCUT2D eigenvalue weighted by Crippen LogP contribution is -2.99. The van der Waals surface area contributed by atoms with Crippen LogP contribution in [-0.4, -0.2) is 26.0 Å². The van der Waals surface area contributed by atoms with Gasteiger partial charge in [0.1, 0.15) is 11.8 Å². The summed E-state index contributed by atoms with van der Waals surface area (Å²) < 4.78 is 0. The van der Waals surface area contributed by atoms with Gasteiger partial charge in [-0.15, -0.1) is 0 Å². The summed E-state index contributed by atoms with van der Waals surface area (Å²) in [5, 5.41) is 35.2. The van der Waals surface area contributed by atoms with E-state index in [0.717, 1.165) is 0 Å². The highest BCUT2D eigenvalue weighted by molar-refractivity contribution is 6.35. The molecule has 0 fully saturated rings. The number of benzene rings is 3. The van der Waals surface area contributed by atoms with Crippen molar-refractivity contribution < 1.29 is 15.5 Å². The number of nitrogens with one attached hydrogen (secondary N) is 3. The molecule has 0 saturated carbocycles. The lowest BCUT2D eigenvalue weighted by molar-refractivity contribution is -0.991. The van der Waals surface area contributed by atoms with E-state index in [-0.39, 0.29) is 33.2 Å². The lowest BCUT2D eigenvalue weighted by Gasteiger charge is -2.16. The van der Waals surface area contributed by atoms with Crippen molar-refractivity contribution >= 4 is 51.3 Å². The van der Waals surface area contributed by atoms with E-state index in [9.17, 15) is 20.3 Å². The summed E-state index contributed by atoms with van der Waals surface area (Å²) in [4.78, 5) is 19.9. The number of para-hydroxylation sites is 1. The highest BCUT2D eigenvalue weighted by Gasteiger charge is 2.25. The fourth-order valence-corrected chi connectivity index (χ4v) is 3.66. The number of aliphatic hydroxyl groups is 1. The van der Waals surface area contributed by atoms with E-state index < -0.39 is 16.9 Å². The third-order valence-electron chi connectivity index (χ3n) is 4.78. The molecule has 0 aliphatic heterocycles. The Kier molecular flexibility index (Phi) is 6.70. The van der Waals surface area contributed by atoms with Crippen molar-refractivity contribution in [2.45, 2.75) is 6.10 Å². The van der Waals surface area contributed by atoms with Crippen LogP contribution in [0.3, 0.4) is 0 Å². The second-order valence-electron chi connectivity index (χ2n) is 6.99. The van der Waals surface area contributed by atoms with Gasteiger partial charge in [0.15, 0.2) is 11.4 Å². The number of nitrogens with zero attached hydrogens (tertiary/aromatic N) is 2. The second-order valence-corrected chi connectivity index (χ2v) is 7.84. The molecule has 11 heteroatoms. The molecule has 0 aliphatic rings. The first-order valence-corrected chi connectivity index (χ1v) is 10.4. The van der Waals surface area contributed by atoms with Gasteiger partial charge in [-0.3, -0.25) is 10.2 Å². The smallest absolute Gasteiger partial charge is 0.276 e. The van der Waals surface area contributed by atoms with Crippen LogP contribution < -0.4 is 16.2 Å². The summed E-state index contributed by atoms with van der Waals surface area (Å²) in [5.74, 6) is 0. The first kappa shape index (κ1) is 22.9. The summed E-state index contributed by atoms with van der Waals surface area (Å²) in [5.41, 5.74) is 3.34. The van der Waals surface area contributed by atoms with Crippen LogP contribution in [0.4, 0.5) is 11.4 Å². The van der Waals surface area contributed by atoms with E-state index in [1.807, 2.05) is 6.07 Å². The Morgan fingerprint density at radius 2 is 1.88 bits per heavy atom. The van der Waals surface area contributed by atoms with Crippen molar-refractivity contribution in [3.63, 3.8) is 0 Å². The molecule has 33 heavy (non-hydrogen) atoms. The predicted octanol–water partition coefficient (Wildman–Crippen LogP) is 3.18. The van der Waals surface area contributed by atoms with Crippen LogP contribution in [0, 0.1) is 5.21 Å². The third-order valence-corrected chi connectivity index (χ3v) is 5.34. The van der Waals surface area contributed by atoms with E-state index in [1.54, 1.807) is 30.3 Å². The van der Waals surface area contributed by atoms with Gasteiger partial charge >= 0.3 is 0 Å². The van der Waals surface area contributed by atoms with E-state index in [0.29, 0.717) is 16.2 Å². The third kappa shape index (κ3) is 5.04. The van der Waals surface area contributed by atoms with Crippen molar-refractivity contribution in [2.24, 2.45) is 5.10 Å². The fourth-order valence-electron chi connectivity index (χ4n) is 3.14. The molecule has 3 aromatic carbocycles.